The third-order valence-corrected chi connectivity index (χ3v) is 6.39. The molecule has 1 aromatic carbocycles. The number of sulfonamides is 1. The van der Waals surface area contributed by atoms with Crippen LogP contribution in [0.5, 0.6) is 0 Å². The van der Waals surface area contributed by atoms with Crippen LogP contribution in [0.4, 0.5) is 14.6 Å². The SMILES string of the molecule is O=S(=O)(c1ccc(F)c(F)c1)N1CCN(c2cc(-n3ccnc3)ncn2)CC1. The third kappa shape index (κ3) is 3.45. The number of halogens is 2. The summed E-state index contributed by atoms with van der Waals surface area (Å²) in [4.78, 5) is 14.1. The van der Waals surface area contributed by atoms with Crippen molar-refractivity contribution >= 4 is 15.8 Å². The van der Waals surface area contributed by atoms with Gasteiger partial charge in [0.25, 0.3) is 0 Å². The van der Waals surface area contributed by atoms with Crippen LogP contribution in [-0.2, 0) is 10.0 Å². The van der Waals surface area contributed by atoms with E-state index in [4.69, 9.17) is 0 Å². The van der Waals surface area contributed by atoms with E-state index >= 15 is 0 Å². The highest BCUT2D eigenvalue weighted by atomic mass is 32.2. The minimum absolute atomic E-state index is 0.200. The summed E-state index contributed by atoms with van der Waals surface area (Å²) < 4.78 is 54.9. The molecule has 1 saturated heterocycles. The zero-order valence-electron chi connectivity index (χ0n) is 14.6. The van der Waals surface area contributed by atoms with Gasteiger partial charge in [0.1, 0.15) is 24.3 Å². The fourth-order valence-corrected chi connectivity index (χ4v) is 4.42. The maximum atomic E-state index is 13.4. The van der Waals surface area contributed by atoms with Crippen molar-refractivity contribution in [2.75, 3.05) is 31.1 Å². The van der Waals surface area contributed by atoms with E-state index in [-0.39, 0.29) is 18.0 Å². The number of hydrogen-bond acceptors (Lipinski definition) is 6. The molecule has 0 saturated carbocycles. The van der Waals surface area contributed by atoms with Crippen molar-refractivity contribution in [3.8, 4) is 5.82 Å². The summed E-state index contributed by atoms with van der Waals surface area (Å²) in [6, 6.07) is 4.39. The van der Waals surface area contributed by atoms with Gasteiger partial charge < -0.3 is 4.90 Å². The monoisotopic (exact) mass is 406 g/mol. The van der Waals surface area contributed by atoms with Gasteiger partial charge in [-0.3, -0.25) is 4.57 Å². The van der Waals surface area contributed by atoms with Crippen molar-refractivity contribution in [1.82, 2.24) is 23.8 Å². The Labute approximate surface area is 160 Å². The fourth-order valence-electron chi connectivity index (χ4n) is 2.99. The first-order chi connectivity index (χ1) is 13.4. The van der Waals surface area contributed by atoms with Crippen molar-refractivity contribution < 1.29 is 17.2 Å². The van der Waals surface area contributed by atoms with Gasteiger partial charge in [0.2, 0.25) is 10.0 Å². The first kappa shape index (κ1) is 18.4. The molecule has 0 aliphatic carbocycles. The predicted molar refractivity (Wildman–Crippen MR) is 96.5 cm³/mol. The highest BCUT2D eigenvalue weighted by molar-refractivity contribution is 7.89. The average molecular weight is 406 g/mol. The predicted octanol–water partition coefficient (Wildman–Crippen LogP) is 1.45. The Morgan fingerprint density at radius 3 is 2.36 bits per heavy atom. The van der Waals surface area contributed by atoms with Gasteiger partial charge in [-0.05, 0) is 18.2 Å². The Morgan fingerprint density at radius 2 is 1.68 bits per heavy atom. The van der Waals surface area contributed by atoms with Crippen molar-refractivity contribution in [3.05, 3.63) is 60.9 Å². The van der Waals surface area contributed by atoms with Gasteiger partial charge in [-0.15, -0.1) is 0 Å². The van der Waals surface area contributed by atoms with Crippen LogP contribution >= 0.6 is 0 Å². The van der Waals surface area contributed by atoms with Crippen LogP contribution in [0.15, 0.2) is 54.2 Å². The summed E-state index contributed by atoms with van der Waals surface area (Å²) in [5.74, 6) is -0.947. The number of hydrogen-bond donors (Lipinski definition) is 0. The summed E-state index contributed by atoms with van der Waals surface area (Å²) in [6.45, 7) is 1.21. The van der Waals surface area contributed by atoms with Gasteiger partial charge in [-0.25, -0.2) is 32.2 Å². The van der Waals surface area contributed by atoms with E-state index < -0.39 is 21.7 Å². The van der Waals surface area contributed by atoms with Crippen LogP contribution < -0.4 is 4.90 Å². The molecule has 11 heteroatoms. The number of benzene rings is 1. The first-order valence-electron chi connectivity index (χ1n) is 8.46. The molecule has 3 aromatic rings. The molecule has 0 atom stereocenters. The largest absolute Gasteiger partial charge is 0.354 e. The lowest BCUT2D eigenvalue weighted by molar-refractivity contribution is 0.383. The summed E-state index contributed by atoms with van der Waals surface area (Å²) in [6.07, 6.45) is 6.47. The van der Waals surface area contributed by atoms with E-state index in [1.807, 2.05) is 4.90 Å². The summed E-state index contributed by atoms with van der Waals surface area (Å²) >= 11 is 0. The lowest BCUT2D eigenvalue weighted by Crippen LogP contribution is -2.49. The van der Waals surface area contributed by atoms with Crippen LogP contribution in [-0.4, -0.2) is 58.4 Å². The zero-order valence-corrected chi connectivity index (χ0v) is 15.4. The molecule has 1 fully saturated rings. The quantitative estimate of drug-likeness (QED) is 0.652. The molecule has 2 aromatic heterocycles. The molecule has 1 aliphatic heterocycles. The lowest BCUT2D eigenvalue weighted by Gasteiger charge is -2.34. The minimum Gasteiger partial charge on any atom is -0.354 e. The molecule has 0 N–H and O–H groups in total. The van der Waals surface area contributed by atoms with E-state index in [1.165, 1.54) is 10.6 Å². The Bertz CT molecular complexity index is 1080. The zero-order chi connectivity index (χ0) is 19.7. The van der Waals surface area contributed by atoms with Crippen LogP contribution in [0, 0.1) is 11.6 Å². The van der Waals surface area contributed by atoms with Gasteiger partial charge in [-0.2, -0.15) is 4.31 Å². The molecule has 0 radical (unpaired) electrons. The number of aromatic nitrogens is 4. The van der Waals surface area contributed by atoms with Gasteiger partial charge in [0.15, 0.2) is 11.6 Å². The van der Waals surface area contributed by atoms with Crippen LogP contribution in [0.25, 0.3) is 5.82 Å². The summed E-state index contributed by atoms with van der Waals surface area (Å²) in [5, 5.41) is 0. The normalized spacial score (nSPS) is 15.7. The standard InChI is InChI=1S/C17H16F2N6O2S/c18-14-2-1-13(9-15(14)19)28(26,27)25-7-5-23(6-8-25)16-10-17(22-11-21-16)24-4-3-20-12-24/h1-4,9-12H,5-8H2. The lowest BCUT2D eigenvalue weighted by atomic mass is 10.3. The molecule has 146 valence electrons. The molecular formula is C17H16F2N6O2S. The molecule has 0 spiro atoms. The first-order valence-corrected chi connectivity index (χ1v) is 9.90. The van der Waals surface area contributed by atoms with Gasteiger partial charge in [-0.1, -0.05) is 0 Å². The maximum Gasteiger partial charge on any atom is 0.243 e. The fraction of sp³-hybridized carbons (Fsp3) is 0.235. The third-order valence-electron chi connectivity index (χ3n) is 4.50. The van der Waals surface area contributed by atoms with E-state index in [2.05, 4.69) is 15.0 Å². The second kappa shape index (κ2) is 7.24. The second-order valence-electron chi connectivity index (χ2n) is 6.17. The van der Waals surface area contributed by atoms with E-state index in [9.17, 15) is 17.2 Å². The number of rotatable bonds is 4. The number of piperazine rings is 1. The Morgan fingerprint density at radius 1 is 0.929 bits per heavy atom. The second-order valence-corrected chi connectivity index (χ2v) is 8.11. The number of nitrogens with zero attached hydrogens (tertiary/aromatic N) is 6. The molecule has 28 heavy (non-hydrogen) atoms. The maximum absolute atomic E-state index is 13.4. The highest BCUT2D eigenvalue weighted by Gasteiger charge is 2.29. The van der Waals surface area contributed by atoms with Crippen molar-refractivity contribution in [1.29, 1.82) is 0 Å². The van der Waals surface area contributed by atoms with Crippen molar-refractivity contribution in [2.24, 2.45) is 0 Å². The van der Waals surface area contributed by atoms with Gasteiger partial charge in [0, 0.05) is 44.6 Å². The minimum atomic E-state index is -3.90. The molecule has 0 amide bonds. The van der Waals surface area contributed by atoms with Crippen LogP contribution in [0.3, 0.4) is 0 Å². The molecule has 1 aliphatic rings. The van der Waals surface area contributed by atoms with Crippen molar-refractivity contribution in [2.45, 2.75) is 4.90 Å². The molecule has 4 rings (SSSR count). The van der Waals surface area contributed by atoms with E-state index in [0.717, 1.165) is 12.1 Å². The number of anilines is 1. The van der Waals surface area contributed by atoms with Crippen molar-refractivity contribution in [3.63, 3.8) is 0 Å². The van der Waals surface area contributed by atoms with Crippen LogP contribution in [0.1, 0.15) is 0 Å². The smallest absolute Gasteiger partial charge is 0.243 e. The van der Waals surface area contributed by atoms with Gasteiger partial charge >= 0.3 is 0 Å². The molecule has 3 heterocycles. The van der Waals surface area contributed by atoms with E-state index in [0.29, 0.717) is 30.8 Å². The van der Waals surface area contributed by atoms with Crippen LogP contribution in [0.2, 0.25) is 0 Å². The summed E-state index contributed by atoms with van der Waals surface area (Å²) in [7, 11) is -3.90. The Hall–Kier alpha value is -2.92. The Kier molecular flexibility index (Phi) is 4.77. The molecular weight excluding hydrogens is 390 g/mol. The number of imidazole rings is 1. The highest BCUT2D eigenvalue weighted by Crippen LogP contribution is 2.22. The molecule has 8 nitrogen and oxygen atoms in total. The molecule has 0 bridgehead atoms. The van der Waals surface area contributed by atoms with E-state index in [1.54, 1.807) is 29.4 Å². The van der Waals surface area contributed by atoms with Gasteiger partial charge in [0.05, 0.1) is 4.90 Å². The Balaban J connectivity index is 1.49. The molecule has 0 unspecified atom stereocenters. The topological polar surface area (TPSA) is 84.2 Å². The average Bonchev–Trinajstić information content (AvgIpc) is 3.25. The summed E-state index contributed by atoms with van der Waals surface area (Å²) in [5.41, 5.74) is 0.